The Hall–Kier alpha value is -1.31. The monoisotopic (exact) mass is 219 g/mol. The SMILES string of the molecule is C=C(C(N)=O)C1=C(/C=C(/C)CC)CCCC1. The number of carbonyl (C=O) groups excluding carboxylic acids is 1. The summed E-state index contributed by atoms with van der Waals surface area (Å²) in [6.07, 6.45) is 7.54. The number of carbonyl (C=O) groups is 1. The van der Waals surface area contributed by atoms with E-state index in [0.29, 0.717) is 5.57 Å². The van der Waals surface area contributed by atoms with Gasteiger partial charge in [-0.2, -0.15) is 0 Å². The van der Waals surface area contributed by atoms with E-state index in [4.69, 9.17) is 5.73 Å². The third-order valence-electron chi connectivity index (χ3n) is 3.15. The van der Waals surface area contributed by atoms with Crippen LogP contribution in [0.5, 0.6) is 0 Å². The van der Waals surface area contributed by atoms with E-state index in [-0.39, 0.29) is 0 Å². The highest BCUT2D eigenvalue weighted by molar-refractivity contribution is 5.96. The molecule has 0 radical (unpaired) electrons. The van der Waals surface area contributed by atoms with Gasteiger partial charge >= 0.3 is 0 Å². The number of hydrogen-bond acceptors (Lipinski definition) is 1. The van der Waals surface area contributed by atoms with Crippen molar-refractivity contribution in [1.29, 1.82) is 0 Å². The number of hydrogen-bond donors (Lipinski definition) is 1. The molecule has 0 aromatic carbocycles. The van der Waals surface area contributed by atoms with Gasteiger partial charge in [-0.3, -0.25) is 4.79 Å². The normalized spacial score (nSPS) is 17.5. The van der Waals surface area contributed by atoms with Gasteiger partial charge in [0.25, 0.3) is 0 Å². The highest BCUT2D eigenvalue weighted by Crippen LogP contribution is 2.30. The Morgan fingerprint density at radius 2 is 2.06 bits per heavy atom. The minimum atomic E-state index is -0.392. The number of rotatable bonds is 4. The molecule has 0 fully saturated rings. The first-order valence-electron chi connectivity index (χ1n) is 5.94. The van der Waals surface area contributed by atoms with E-state index in [1.165, 1.54) is 17.6 Å². The van der Waals surface area contributed by atoms with Crippen LogP contribution in [-0.4, -0.2) is 5.91 Å². The van der Waals surface area contributed by atoms with Crippen molar-refractivity contribution in [3.05, 3.63) is 34.9 Å². The van der Waals surface area contributed by atoms with Crippen molar-refractivity contribution in [2.75, 3.05) is 0 Å². The van der Waals surface area contributed by atoms with Crippen LogP contribution in [-0.2, 0) is 4.79 Å². The lowest BCUT2D eigenvalue weighted by molar-refractivity contribution is -0.114. The fraction of sp³-hybridized carbons (Fsp3) is 0.500. The van der Waals surface area contributed by atoms with Crippen molar-refractivity contribution < 1.29 is 4.79 Å². The van der Waals surface area contributed by atoms with Gasteiger partial charge in [0.2, 0.25) is 5.91 Å². The molecule has 2 N–H and O–H groups in total. The number of amides is 1. The lowest BCUT2D eigenvalue weighted by atomic mass is 9.86. The Bertz CT molecular complexity index is 361. The zero-order valence-corrected chi connectivity index (χ0v) is 10.3. The van der Waals surface area contributed by atoms with Crippen molar-refractivity contribution in [2.45, 2.75) is 46.0 Å². The molecule has 88 valence electrons. The summed E-state index contributed by atoms with van der Waals surface area (Å²) in [5.41, 5.74) is 9.47. The largest absolute Gasteiger partial charge is 0.366 e. The van der Waals surface area contributed by atoms with Gasteiger partial charge < -0.3 is 5.73 Å². The van der Waals surface area contributed by atoms with E-state index >= 15 is 0 Å². The summed E-state index contributed by atoms with van der Waals surface area (Å²) in [7, 11) is 0. The van der Waals surface area contributed by atoms with Crippen molar-refractivity contribution >= 4 is 5.91 Å². The van der Waals surface area contributed by atoms with Crippen LogP contribution in [0.15, 0.2) is 34.9 Å². The fourth-order valence-corrected chi connectivity index (χ4v) is 1.98. The summed E-state index contributed by atoms with van der Waals surface area (Å²) in [4.78, 5) is 11.2. The van der Waals surface area contributed by atoms with Crippen LogP contribution in [0.2, 0.25) is 0 Å². The lowest BCUT2D eigenvalue weighted by Crippen LogP contribution is -2.16. The molecule has 0 atom stereocenters. The van der Waals surface area contributed by atoms with Gasteiger partial charge in [-0.1, -0.05) is 25.2 Å². The molecule has 0 aliphatic heterocycles. The number of primary amides is 1. The molecule has 1 aliphatic rings. The minimum Gasteiger partial charge on any atom is -0.366 e. The number of nitrogens with two attached hydrogens (primary N) is 1. The summed E-state index contributed by atoms with van der Waals surface area (Å²) in [5.74, 6) is -0.392. The summed E-state index contributed by atoms with van der Waals surface area (Å²) >= 11 is 0. The average molecular weight is 219 g/mol. The number of allylic oxidation sites excluding steroid dienone is 3. The zero-order valence-electron chi connectivity index (χ0n) is 10.3. The average Bonchev–Trinajstić information content (AvgIpc) is 2.28. The van der Waals surface area contributed by atoms with E-state index in [9.17, 15) is 4.79 Å². The van der Waals surface area contributed by atoms with Gasteiger partial charge in [0.05, 0.1) is 0 Å². The third kappa shape index (κ3) is 3.09. The highest BCUT2D eigenvalue weighted by atomic mass is 16.1. The topological polar surface area (TPSA) is 43.1 Å². The Morgan fingerprint density at radius 1 is 1.44 bits per heavy atom. The van der Waals surface area contributed by atoms with Crippen LogP contribution >= 0.6 is 0 Å². The van der Waals surface area contributed by atoms with Gasteiger partial charge in [0, 0.05) is 5.57 Å². The molecule has 0 aromatic rings. The van der Waals surface area contributed by atoms with E-state index in [0.717, 1.165) is 31.3 Å². The van der Waals surface area contributed by atoms with Crippen LogP contribution < -0.4 is 5.73 Å². The van der Waals surface area contributed by atoms with Gasteiger partial charge in [-0.15, -0.1) is 0 Å². The van der Waals surface area contributed by atoms with Gasteiger partial charge in [0.1, 0.15) is 0 Å². The molecule has 2 nitrogen and oxygen atoms in total. The first kappa shape index (κ1) is 12.8. The standard InChI is InChI=1S/C14H21NO/c1-4-10(2)9-12-7-5-6-8-13(12)11(3)14(15)16/h9H,3-8H2,1-2H3,(H2,15,16)/b10-9-. The van der Waals surface area contributed by atoms with Gasteiger partial charge in [-0.05, 0) is 50.2 Å². The molecule has 0 aromatic heterocycles. The summed E-state index contributed by atoms with van der Waals surface area (Å²) in [5, 5.41) is 0. The quantitative estimate of drug-likeness (QED) is 0.725. The second kappa shape index (κ2) is 5.69. The van der Waals surface area contributed by atoms with Crippen LogP contribution in [0.4, 0.5) is 0 Å². The Labute approximate surface area is 97.9 Å². The lowest BCUT2D eigenvalue weighted by Gasteiger charge is -2.19. The molecule has 1 aliphatic carbocycles. The highest BCUT2D eigenvalue weighted by Gasteiger charge is 2.16. The second-order valence-corrected chi connectivity index (χ2v) is 4.40. The van der Waals surface area contributed by atoms with E-state index in [2.05, 4.69) is 26.5 Å². The Kier molecular flexibility index (Phi) is 4.53. The maximum atomic E-state index is 11.2. The predicted octanol–water partition coefficient (Wildman–Crippen LogP) is 3.25. The van der Waals surface area contributed by atoms with Gasteiger partial charge in [0.15, 0.2) is 0 Å². The molecule has 16 heavy (non-hydrogen) atoms. The van der Waals surface area contributed by atoms with Crippen molar-refractivity contribution in [3.8, 4) is 0 Å². The van der Waals surface area contributed by atoms with E-state index in [1.54, 1.807) is 0 Å². The molecule has 0 saturated heterocycles. The van der Waals surface area contributed by atoms with Crippen LogP contribution in [0.1, 0.15) is 46.0 Å². The maximum absolute atomic E-state index is 11.2. The smallest absolute Gasteiger partial charge is 0.248 e. The maximum Gasteiger partial charge on any atom is 0.248 e. The van der Waals surface area contributed by atoms with Crippen LogP contribution in [0.3, 0.4) is 0 Å². The van der Waals surface area contributed by atoms with E-state index < -0.39 is 5.91 Å². The molecule has 2 heteroatoms. The Balaban J connectivity index is 3.05. The van der Waals surface area contributed by atoms with Gasteiger partial charge in [-0.25, -0.2) is 0 Å². The third-order valence-corrected chi connectivity index (χ3v) is 3.15. The molecule has 0 saturated carbocycles. The van der Waals surface area contributed by atoms with Crippen LogP contribution in [0, 0.1) is 0 Å². The first-order chi connectivity index (χ1) is 7.56. The molecule has 1 amide bonds. The van der Waals surface area contributed by atoms with Crippen molar-refractivity contribution in [3.63, 3.8) is 0 Å². The van der Waals surface area contributed by atoms with Crippen molar-refractivity contribution in [1.82, 2.24) is 0 Å². The molecule has 0 heterocycles. The summed E-state index contributed by atoms with van der Waals surface area (Å²) < 4.78 is 0. The molecule has 0 bridgehead atoms. The van der Waals surface area contributed by atoms with Crippen LogP contribution in [0.25, 0.3) is 0 Å². The molecule has 0 unspecified atom stereocenters. The second-order valence-electron chi connectivity index (χ2n) is 4.40. The Morgan fingerprint density at radius 3 is 2.62 bits per heavy atom. The summed E-state index contributed by atoms with van der Waals surface area (Å²) in [6.45, 7) is 8.05. The summed E-state index contributed by atoms with van der Waals surface area (Å²) in [6, 6.07) is 0. The minimum absolute atomic E-state index is 0.392. The van der Waals surface area contributed by atoms with E-state index in [1.807, 2.05) is 0 Å². The molecular weight excluding hydrogens is 198 g/mol. The predicted molar refractivity (Wildman–Crippen MR) is 67.9 cm³/mol. The molecular formula is C14H21NO. The molecule has 0 spiro atoms. The molecule has 1 rings (SSSR count). The zero-order chi connectivity index (χ0) is 12.1. The first-order valence-corrected chi connectivity index (χ1v) is 5.94. The fourth-order valence-electron chi connectivity index (χ4n) is 1.98. The van der Waals surface area contributed by atoms with Crippen molar-refractivity contribution in [2.24, 2.45) is 5.73 Å².